The Morgan fingerprint density at radius 2 is 2.06 bits per heavy atom. The van der Waals surface area contributed by atoms with Gasteiger partial charge >= 0.3 is 0 Å². The van der Waals surface area contributed by atoms with Crippen LogP contribution in [0.5, 0.6) is 0 Å². The molecule has 0 aromatic carbocycles. The van der Waals surface area contributed by atoms with Gasteiger partial charge in [-0.3, -0.25) is 9.59 Å². The fourth-order valence-electron chi connectivity index (χ4n) is 1.11. The Hall–Kier alpha value is -1.63. The van der Waals surface area contributed by atoms with Crippen LogP contribution in [0.25, 0.3) is 0 Å². The molecule has 0 atom stereocenters. The van der Waals surface area contributed by atoms with E-state index in [2.05, 4.69) is 10.3 Å². The summed E-state index contributed by atoms with van der Waals surface area (Å²) in [5, 5.41) is 2.50. The van der Waals surface area contributed by atoms with Crippen molar-refractivity contribution in [2.45, 2.75) is 18.6 Å². The predicted octanol–water partition coefficient (Wildman–Crippen LogP) is -0.0721. The molecule has 18 heavy (non-hydrogen) atoms. The van der Waals surface area contributed by atoms with E-state index >= 15 is 0 Å². The molecule has 100 valence electrons. The number of aromatic amines is 1. The summed E-state index contributed by atoms with van der Waals surface area (Å²) in [6.07, 6.45) is 2.48. The molecule has 7 heteroatoms. The van der Waals surface area contributed by atoms with E-state index in [1.54, 1.807) is 0 Å². The molecule has 1 heterocycles. The van der Waals surface area contributed by atoms with Crippen molar-refractivity contribution >= 4 is 15.7 Å². The Kier molecular flexibility index (Phi) is 3.95. The van der Waals surface area contributed by atoms with Gasteiger partial charge in [0.05, 0.1) is 4.75 Å². The lowest BCUT2D eigenvalue weighted by atomic mass is 10.2. The fourth-order valence-corrected chi connectivity index (χ4v) is 1.45. The van der Waals surface area contributed by atoms with Gasteiger partial charge in [-0.15, -0.1) is 0 Å². The molecule has 6 nitrogen and oxygen atoms in total. The van der Waals surface area contributed by atoms with E-state index in [4.69, 9.17) is 0 Å². The highest BCUT2D eigenvalue weighted by atomic mass is 32.2. The van der Waals surface area contributed by atoms with Crippen LogP contribution in [-0.4, -0.2) is 36.9 Å². The van der Waals surface area contributed by atoms with Crippen LogP contribution in [-0.2, 0) is 9.84 Å². The lowest BCUT2D eigenvalue weighted by Crippen LogP contribution is -2.43. The van der Waals surface area contributed by atoms with Crippen molar-refractivity contribution in [2.24, 2.45) is 0 Å². The van der Waals surface area contributed by atoms with Crippen LogP contribution in [0.3, 0.4) is 0 Å². The Morgan fingerprint density at radius 3 is 2.56 bits per heavy atom. The number of amides is 1. The number of rotatable bonds is 4. The number of hydrogen-bond donors (Lipinski definition) is 2. The van der Waals surface area contributed by atoms with E-state index in [-0.39, 0.29) is 17.7 Å². The first-order valence-electron chi connectivity index (χ1n) is 5.30. The van der Waals surface area contributed by atoms with Gasteiger partial charge in [0.1, 0.15) is 0 Å². The van der Waals surface area contributed by atoms with Crippen molar-refractivity contribution in [1.82, 2.24) is 10.3 Å². The molecule has 0 aliphatic heterocycles. The standard InChI is InChI=1S/C11H16N2O4S/c1-11(2,18(3,16)17)7-13-10(15)8-4-5-12-9(14)6-8/h4-6H,7H2,1-3H3,(H,12,14)(H,13,15). The third-order valence-corrected chi connectivity index (χ3v) is 4.87. The molecular weight excluding hydrogens is 256 g/mol. The summed E-state index contributed by atoms with van der Waals surface area (Å²) < 4.78 is 21.8. The first-order valence-corrected chi connectivity index (χ1v) is 7.19. The normalized spacial score (nSPS) is 12.2. The van der Waals surface area contributed by atoms with Crippen molar-refractivity contribution in [3.05, 3.63) is 34.2 Å². The number of sulfone groups is 1. The molecule has 0 unspecified atom stereocenters. The molecule has 0 saturated heterocycles. The van der Waals surface area contributed by atoms with Gasteiger partial charge in [-0.25, -0.2) is 8.42 Å². The molecule has 0 bridgehead atoms. The van der Waals surface area contributed by atoms with Crippen molar-refractivity contribution in [3.8, 4) is 0 Å². The minimum atomic E-state index is -3.27. The number of carbonyl (C=O) groups excluding carboxylic acids is 1. The van der Waals surface area contributed by atoms with Crippen LogP contribution in [0.2, 0.25) is 0 Å². The highest BCUT2D eigenvalue weighted by Crippen LogP contribution is 2.13. The monoisotopic (exact) mass is 272 g/mol. The number of H-pyrrole nitrogens is 1. The van der Waals surface area contributed by atoms with Crippen LogP contribution in [0.1, 0.15) is 24.2 Å². The minimum Gasteiger partial charge on any atom is -0.350 e. The zero-order valence-electron chi connectivity index (χ0n) is 10.5. The van der Waals surface area contributed by atoms with E-state index in [1.165, 1.54) is 26.1 Å². The number of carbonyl (C=O) groups is 1. The first kappa shape index (κ1) is 14.4. The molecule has 0 radical (unpaired) electrons. The largest absolute Gasteiger partial charge is 0.350 e. The van der Waals surface area contributed by atoms with Gasteiger partial charge < -0.3 is 10.3 Å². The number of hydrogen-bond acceptors (Lipinski definition) is 4. The van der Waals surface area contributed by atoms with Crippen molar-refractivity contribution < 1.29 is 13.2 Å². The highest BCUT2D eigenvalue weighted by Gasteiger charge is 2.30. The van der Waals surface area contributed by atoms with E-state index in [1.807, 2.05) is 0 Å². The lowest BCUT2D eigenvalue weighted by molar-refractivity contribution is 0.0950. The molecule has 0 fully saturated rings. The second kappa shape index (κ2) is 4.93. The van der Waals surface area contributed by atoms with Gasteiger partial charge in [-0.1, -0.05) is 0 Å². The molecule has 0 aliphatic carbocycles. The Morgan fingerprint density at radius 1 is 1.44 bits per heavy atom. The Balaban J connectivity index is 2.77. The smallest absolute Gasteiger partial charge is 0.251 e. The maximum Gasteiger partial charge on any atom is 0.251 e. The van der Waals surface area contributed by atoms with Crippen molar-refractivity contribution in [2.75, 3.05) is 12.8 Å². The maximum atomic E-state index is 11.7. The Labute approximate surface area is 105 Å². The van der Waals surface area contributed by atoms with Crippen molar-refractivity contribution in [1.29, 1.82) is 0 Å². The molecule has 1 amide bonds. The Bertz CT molecular complexity index is 601. The molecule has 0 aliphatic rings. The van der Waals surface area contributed by atoms with Crippen LogP contribution < -0.4 is 10.9 Å². The lowest BCUT2D eigenvalue weighted by Gasteiger charge is -2.22. The van der Waals surface area contributed by atoms with Gasteiger partial charge in [0, 0.05) is 30.6 Å². The molecule has 0 spiro atoms. The van der Waals surface area contributed by atoms with Crippen LogP contribution >= 0.6 is 0 Å². The summed E-state index contributed by atoms with van der Waals surface area (Å²) in [5.74, 6) is -0.474. The summed E-state index contributed by atoms with van der Waals surface area (Å²) in [4.78, 5) is 25.1. The second-order valence-corrected chi connectivity index (χ2v) is 7.31. The zero-order chi connectivity index (χ0) is 14.0. The molecule has 0 saturated carbocycles. The van der Waals surface area contributed by atoms with E-state index in [0.717, 1.165) is 12.3 Å². The molecule has 1 rings (SSSR count). The minimum absolute atomic E-state index is 0.0164. The van der Waals surface area contributed by atoms with Gasteiger partial charge in [0.25, 0.3) is 5.91 Å². The number of aromatic nitrogens is 1. The van der Waals surface area contributed by atoms with Crippen LogP contribution in [0.15, 0.2) is 23.1 Å². The third kappa shape index (κ3) is 3.43. The summed E-state index contributed by atoms with van der Waals surface area (Å²) in [5.41, 5.74) is -0.187. The topological polar surface area (TPSA) is 96.1 Å². The average Bonchev–Trinajstić information content (AvgIpc) is 2.24. The average molecular weight is 272 g/mol. The SMILES string of the molecule is CC(C)(CNC(=O)c1cc[nH]c(=O)c1)S(C)(=O)=O. The maximum absolute atomic E-state index is 11.7. The zero-order valence-corrected chi connectivity index (χ0v) is 11.3. The number of nitrogens with one attached hydrogen (secondary N) is 2. The van der Waals surface area contributed by atoms with Crippen molar-refractivity contribution in [3.63, 3.8) is 0 Å². The predicted molar refractivity (Wildman–Crippen MR) is 68.3 cm³/mol. The fraction of sp³-hybridized carbons (Fsp3) is 0.455. The number of pyridine rings is 1. The highest BCUT2D eigenvalue weighted by molar-refractivity contribution is 7.92. The van der Waals surface area contributed by atoms with E-state index in [0.29, 0.717) is 0 Å². The van der Waals surface area contributed by atoms with Gasteiger partial charge in [-0.05, 0) is 19.9 Å². The van der Waals surface area contributed by atoms with Gasteiger partial charge in [0.15, 0.2) is 9.84 Å². The first-order chi connectivity index (χ1) is 8.13. The summed E-state index contributed by atoms with van der Waals surface area (Å²) in [6, 6.07) is 2.60. The third-order valence-electron chi connectivity index (χ3n) is 2.72. The van der Waals surface area contributed by atoms with E-state index in [9.17, 15) is 18.0 Å². The molecular formula is C11H16N2O4S. The van der Waals surface area contributed by atoms with Crippen LogP contribution in [0.4, 0.5) is 0 Å². The molecule has 1 aromatic heterocycles. The van der Waals surface area contributed by atoms with Crippen LogP contribution in [0, 0.1) is 0 Å². The van der Waals surface area contributed by atoms with Gasteiger partial charge in [0.2, 0.25) is 5.56 Å². The summed E-state index contributed by atoms with van der Waals surface area (Å²) in [7, 11) is -3.27. The van der Waals surface area contributed by atoms with E-state index < -0.39 is 20.5 Å². The molecule has 1 aromatic rings. The van der Waals surface area contributed by atoms with Gasteiger partial charge in [-0.2, -0.15) is 0 Å². The second-order valence-electron chi connectivity index (χ2n) is 4.66. The summed E-state index contributed by atoms with van der Waals surface area (Å²) >= 11 is 0. The quantitative estimate of drug-likeness (QED) is 0.801. The molecule has 2 N–H and O–H groups in total. The summed E-state index contributed by atoms with van der Waals surface area (Å²) in [6.45, 7) is 3.04.